The van der Waals surface area contributed by atoms with E-state index in [1.165, 1.54) is 0 Å². The number of hydrogen-bond donors (Lipinski definition) is 3. The van der Waals surface area contributed by atoms with E-state index < -0.39 is 0 Å². The number of anilines is 2. The lowest BCUT2D eigenvalue weighted by Gasteiger charge is -2.16. The Morgan fingerprint density at radius 1 is 1.53 bits per heavy atom. The highest BCUT2D eigenvalue weighted by atomic mass is 79.9. The van der Waals surface area contributed by atoms with Crippen LogP contribution < -0.4 is 16.4 Å². The number of halogens is 1. The van der Waals surface area contributed by atoms with Crippen LogP contribution >= 0.6 is 15.9 Å². The van der Waals surface area contributed by atoms with Gasteiger partial charge in [0.15, 0.2) is 0 Å². The molecule has 1 amide bonds. The van der Waals surface area contributed by atoms with Gasteiger partial charge in [-0.05, 0) is 31.5 Å². The van der Waals surface area contributed by atoms with Crippen molar-refractivity contribution in [3.05, 3.63) is 22.7 Å². The molecule has 4 N–H and O–H groups in total. The van der Waals surface area contributed by atoms with Gasteiger partial charge in [0.2, 0.25) is 5.91 Å². The van der Waals surface area contributed by atoms with Crippen molar-refractivity contribution < 1.29 is 4.79 Å². The fourth-order valence-electron chi connectivity index (χ4n) is 1.37. The molecule has 0 fully saturated rings. The Balaban J connectivity index is 2.61. The SMILES string of the molecule is CCCNC(=O)C(C)Nc1ccc(Br)cc1N. The van der Waals surface area contributed by atoms with E-state index in [-0.39, 0.29) is 11.9 Å². The molecular formula is C12H18BrN3O. The molecule has 0 saturated heterocycles. The molecule has 94 valence electrons. The predicted molar refractivity (Wildman–Crippen MR) is 74.9 cm³/mol. The monoisotopic (exact) mass is 299 g/mol. The Labute approximate surface area is 110 Å². The van der Waals surface area contributed by atoms with Crippen LogP contribution in [0.4, 0.5) is 11.4 Å². The van der Waals surface area contributed by atoms with Crippen molar-refractivity contribution in [1.82, 2.24) is 5.32 Å². The van der Waals surface area contributed by atoms with Gasteiger partial charge in [-0.1, -0.05) is 22.9 Å². The van der Waals surface area contributed by atoms with Crippen molar-refractivity contribution in [3.8, 4) is 0 Å². The first-order chi connectivity index (χ1) is 8.04. The maximum absolute atomic E-state index is 11.7. The second kappa shape index (κ2) is 6.49. The van der Waals surface area contributed by atoms with Crippen LogP contribution in [0.5, 0.6) is 0 Å². The summed E-state index contributed by atoms with van der Waals surface area (Å²) in [7, 11) is 0. The third-order valence-corrected chi connectivity index (χ3v) is 2.82. The van der Waals surface area contributed by atoms with E-state index >= 15 is 0 Å². The van der Waals surface area contributed by atoms with Gasteiger partial charge in [0.1, 0.15) is 6.04 Å². The Morgan fingerprint density at radius 3 is 2.82 bits per heavy atom. The highest BCUT2D eigenvalue weighted by Crippen LogP contribution is 2.23. The van der Waals surface area contributed by atoms with Crippen LogP contribution in [-0.4, -0.2) is 18.5 Å². The molecule has 0 bridgehead atoms. The lowest BCUT2D eigenvalue weighted by atomic mass is 10.2. The number of rotatable bonds is 5. The van der Waals surface area contributed by atoms with Gasteiger partial charge in [-0.3, -0.25) is 4.79 Å². The van der Waals surface area contributed by atoms with Crippen molar-refractivity contribution in [2.24, 2.45) is 0 Å². The Morgan fingerprint density at radius 2 is 2.24 bits per heavy atom. The number of carbonyl (C=O) groups is 1. The van der Waals surface area contributed by atoms with Crippen molar-refractivity contribution in [2.75, 3.05) is 17.6 Å². The molecule has 5 heteroatoms. The fraction of sp³-hybridized carbons (Fsp3) is 0.417. The number of nitrogens with one attached hydrogen (secondary N) is 2. The summed E-state index contributed by atoms with van der Waals surface area (Å²) < 4.78 is 0.920. The van der Waals surface area contributed by atoms with Gasteiger partial charge >= 0.3 is 0 Å². The second-order valence-corrected chi connectivity index (χ2v) is 4.80. The first-order valence-electron chi connectivity index (χ1n) is 5.64. The first kappa shape index (κ1) is 13.8. The Kier molecular flexibility index (Phi) is 5.28. The highest BCUT2D eigenvalue weighted by molar-refractivity contribution is 9.10. The lowest BCUT2D eigenvalue weighted by Crippen LogP contribution is -2.38. The van der Waals surface area contributed by atoms with Crippen molar-refractivity contribution in [3.63, 3.8) is 0 Å². The molecule has 0 aliphatic carbocycles. The van der Waals surface area contributed by atoms with E-state index in [0.29, 0.717) is 12.2 Å². The number of benzene rings is 1. The summed E-state index contributed by atoms with van der Waals surface area (Å²) in [5.74, 6) is -0.0193. The van der Waals surface area contributed by atoms with Gasteiger partial charge in [0.05, 0.1) is 11.4 Å². The Hall–Kier alpha value is -1.23. The van der Waals surface area contributed by atoms with Crippen LogP contribution in [0.15, 0.2) is 22.7 Å². The standard InChI is InChI=1S/C12H18BrN3O/c1-3-6-15-12(17)8(2)16-11-5-4-9(13)7-10(11)14/h4-5,7-8,16H,3,6,14H2,1-2H3,(H,15,17). The van der Waals surface area contributed by atoms with Gasteiger partial charge in [-0.25, -0.2) is 0 Å². The summed E-state index contributed by atoms with van der Waals surface area (Å²) in [6, 6.07) is 5.24. The number of nitrogens with two attached hydrogens (primary N) is 1. The fourth-order valence-corrected chi connectivity index (χ4v) is 1.74. The maximum Gasteiger partial charge on any atom is 0.242 e. The molecule has 0 radical (unpaired) electrons. The number of carbonyl (C=O) groups excluding carboxylic acids is 1. The molecule has 1 rings (SSSR count). The summed E-state index contributed by atoms with van der Waals surface area (Å²) in [6.45, 7) is 4.53. The molecule has 1 atom stereocenters. The van der Waals surface area contributed by atoms with Gasteiger partial charge in [-0.2, -0.15) is 0 Å². The van der Waals surface area contributed by atoms with Crippen LogP contribution in [0, 0.1) is 0 Å². The lowest BCUT2D eigenvalue weighted by molar-refractivity contribution is -0.121. The summed E-state index contributed by atoms with van der Waals surface area (Å²) >= 11 is 3.34. The smallest absolute Gasteiger partial charge is 0.242 e. The molecule has 0 aliphatic heterocycles. The van der Waals surface area contributed by atoms with Gasteiger partial charge in [-0.15, -0.1) is 0 Å². The molecule has 0 heterocycles. The van der Waals surface area contributed by atoms with Crippen LogP contribution in [0.3, 0.4) is 0 Å². The van der Waals surface area contributed by atoms with Crippen LogP contribution in [0.25, 0.3) is 0 Å². The maximum atomic E-state index is 11.7. The first-order valence-corrected chi connectivity index (χ1v) is 6.43. The zero-order valence-corrected chi connectivity index (χ0v) is 11.7. The summed E-state index contributed by atoms with van der Waals surface area (Å²) in [5, 5.41) is 5.92. The minimum atomic E-state index is -0.301. The summed E-state index contributed by atoms with van der Waals surface area (Å²) in [5.41, 5.74) is 7.24. The van der Waals surface area contributed by atoms with Gasteiger partial charge in [0.25, 0.3) is 0 Å². The minimum absolute atomic E-state index is 0.0193. The molecule has 1 unspecified atom stereocenters. The molecule has 0 saturated carbocycles. The van der Waals surface area contributed by atoms with Crippen molar-refractivity contribution >= 4 is 33.2 Å². The highest BCUT2D eigenvalue weighted by Gasteiger charge is 2.12. The summed E-state index contributed by atoms with van der Waals surface area (Å²) in [4.78, 5) is 11.7. The predicted octanol–water partition coefficient (Wildman–Crippen LogP) is 2.36. The molecule has 17 heavy (non-hydrogen) atoms. The van der Waals surface area contributed by atoms with E-state index in [2.05, 4.69) is 26.6 Å². The van der Waals surface area contributed by atoms with Gasteiger partial charge < -0.3 is 16.4 Å². The average molecular weight is 300 g/mol. The van der Waals surface area contributed by atoms with E-state index in [4.69, 9.17) is 5.73 Å². The second-order valence-electron chi connectivity index (χ2n) is 3.89. The average Bonchev–Trinajstić information content (AvgIpc) is 2.29. The van der Waals surface area contributed by atoms with Crippen LogP contribution in [0.2, 0.25) is 0 Å². The van der Waals surface area contributed by atoms with Crippen LogP contribution in [-0.2, 0) is 4.79 Å². The summed E-state index contributed by atoms with van der Waals surface area (Å²) in [6.07, 6.45) is 0.929. The number of nitrogen functional groups attached to an aromatic ring is 1. The molecule has 0 aliphatic rings. The largest absolute Gasteiger partial charge is 0.397 e. The van der Waals surface area contributed by atoms with Gasteiger partial charge in [0, 0.05) is 11.0 Å². The third-order valence-electron chi connectivity index (χ3n) is 2.33. The molecule has 1 aromatic carbocycles. The van der Waals surface area contributed by atoms with Crippen molar-refractivity contribution in [1.29, 1.82) is 0 Å². The van der Waals surface area contributed by atoms with E-state index in [0.717, 1.165) is 16.6 Å². The van der Waals surface area contributed by atoms with E-state index in [1.54, 1.807) is 6.07 Å². The Bertz CT molecular complexity index is 395. The third kappa shape index (κ3) is 4.26. The normalized spacial score (nSPS) is 11.9. The quantitative estimate of drug-likeness (QED) is 0.731. The van der Waals surface area contributed by atoms with E-state index in [9.17, 15) is 4.79 Å². The zero-order chi connectivity index (χ0) is 12.8. The molecule has 0 aromatic heterocycles. The van der Waals surface area contributed by atoms with Crippen molar-refractivity contribution in [2.45, 2.75) is 26.3 Å². The molecule has 1 aromatic rings. The van der Waals surface area contributed by atoms with E-state index in [1.807, 2.05) is 26.0 Å². The zero-order valence-electron chi connectivity index (χ0n) is 10.1. The molecule has 0 spiro atoms. The number of amides is 1. The number of hydrogen-bond acceptors (Lipinski definition) is 3. The topological polar surface area (TPSA) is 67.2 Å². The van der Waals surface area contributed by atoms with Crippen LogP contribution in [0.1, 0.15) is 20.3 Å². The molecular weight excluding hydrogens is 282 g/mol. The molecule has 4 nitrogen and oxygen atoms in total. The minimum Gasteiger partial charge on any atom is -0.397 e.